The molecule has 2 rings (SSSR count). The molecular weight excluding hydrogens is 732 g/mol. The fraction of sp³-hybridized carbons (Fsp3) is 0.333. The Bertz CT molecular complexity index is 1200. The maximum Gasteiger partial charge on any atom is 0.377 e. The van der Waals surface area contributed by atoms with Gasteiger partial charge in [0.2, 0.25) is 5.76 Å². The van der Waals surface area contributed by atoms with Gasteiger partial charge in [-0.2, -0.15) is 0 Å². The molecule has 0 aromatic heterocycles. The van der Waals surface area contributed by atoms with Gasteiger partial charge in [-0.1, -0.05) is 31.9 Å². The number of carboxylic acid groups (broad SMARTS) is 1. The number of carboxylic acids is 1. The fourth-order valence-corrected chi connectivity index (χ4v) is 3.63. The Morgan fingerprint density at radius 3 is 1.75 bits per heavy atom. The highest BCUT2D eigenvalue weighted by molar-refractivity contribution is 9.10. The van der Waals surface area contributed by atoms with Crippen molar-refractivity contribution in [2.45, 2.75) is 46.1 Å². The van der Waals surface area contributed by atoms with Gasteiger partial charge in [0.1, 0.15) is 6.29 Å². The number of aldehydes is 1. The van der Waals surface area contributed by atoms with Gasteiger partial charge >= 0.3 is 11.9 Å². The van der Waals surface area contributed by atoms with Gasteiger partial charge in [0.25, 0.3) is 18.8 Å². The van der Waals surface area contributed by atoms with E-state index in [9.17, 15) is 31.9 Å². The van der Waals surface area contributed by atoms with Gasteiger partial charge in [0.05, 0.1) is 19.6 Å². The number of rotatable bonds is 10. The van der Waals surface area contributed by atoms with Crippen LogP contribution in [0.3, 0.4) is 0 Å². The summed E-state index contributed by atoms with van der Waals surface area (Å²) >= 11 is 6.17. The van der Waals surface area contributed by atoms with Crippen LogP contribution in [0.5, 0.6) is 0 Å². The van der Waals surface area contributed by atoms with Crippen LogP contribution in [0.15, 0.2) is 57.7 Å². The van der Waals surface area contributed by atoms with Gasteiger partial charge in [0, 0.05) is 38.6 Å². The lowest BCUT2D eigenvalue weighted by Gasteiger charge is -2.13. The maximum atomic E-state index is 12.6. The lowest BCUT2D eigenvalue weighted by Crippen LogP contribution is -2.17. The Labute approximate surface area is 268 Å². The molecule has 0 aliphatic rings. The monoisotopic (exact) mass is 764 g/mol. The Kier molecular flexibility index (Phi) is 25.6. The molecule has 2 aromatic rings. The van der Waals surface area contributed by atoms with E-state index >= 15 is 0 Å². The van der Waals surface area contributed by atoms with Gasteiger partial charge in [-0.05, 0) is 62.4 Å². The molecule has 0 amide bonds. The van der Waals surface area contributed by atoms with E-state index in [4.69, 9.17) is 25.6 Å². The van der Waals surface area contributed by atoms with Crippen LogP contribution in [-0.4, -0.2) is 47.8 Å². The van der Waals surface area contributed by atoms with Gasteiger partial charge in [-0.25, -0.2) is 27.6 Å². The number of benzene rings is 2. The second-order valence-electron chi connectivity index (χ2n) is 7.72. The zero-order valence-electron chi connectivity index (χ0n) is 23.9. The third-order valence-corrected chi connectivity index (χ3v) is 5.17. The molecule has 17 heteroatoms. The summed E-state index contributed by atoms with van der Waals surface area (Å²) in [5, 5.41) is 15.2. The van der Waals surface area contributed by atoms with Crippen molar-refractivity contribution in [3.8, 4) is 0 Å². The largest absolute Gasteiger partial charge is 0.481 e. The molecule has 0 aliphatic carbocycles. The molecular formula is C27H34Br2F4N2O9. The highest BCUT2D eigenvalue weighted by Gasteiger charge is 2.16. The van der Waals surface area contributed by atoms with Gasteiger partial charge < -0.3 is 31.4 Å². The van der Waals surface area contributed by atoms with E-state index < -0.39 is 42.6 Å². The van der Waals surface area contributed by atoms with Crippen LogP contribution in [0.25, 0.3) is 0 Å². The minimum atomic E-state index is -2.57. The Balaban J connectivity index is -0.000000562. The predicted octanol–water partition coefficient (Wildman–Crippen LogP) is 7.34. The molecule has 0 saturated carbocycles. The van der Waals surface area contributed by atoms with E-state index in [-0.39, 0.29) is 42.5 Å². The van der Waals surface area contributed by atoms with Crippen molar-refractivity contribution in [2.24, 2.45) is 5.73 Å². The SMILES string of the molecule is C=C(OO)C(=O)OCC.CC(=O)O.CCOC(=O)CC(N)c1cc(Br)cc(C(F)F)c1.N.O=Cc1cc(Br)cc(C(F)F)c1. The van der Waals surface area contributed by atoms with Gasteiger partial charge in [0.15, 0.2) is 0 Å². The summed E-state index contributed by atoms with van der Waals surface area (Å²) in [6.45, 7) is 7.97. The van der Waals surface area contributed by atoms with Crippen LogP contribution in [0.2, 0.25) is 0 Å². The van der Waals surface area contributed by atoms with Crippen LogP contribution < -0.4 is 11.9 Å². The van der Waals surface area contributed by atoms with E-state index in [1.165, 1.54) is 30.3 Å². The van der Waals surface area contributed by atoms with Crippen molar-refractivity contribution in [1.29, 1.82) is 0 Å². The summed E-state index contributed by atoms with van der Waals surface area (Å²) in [7, 11) is 0. The minimum Gasteiger partial charge on any atom is -0.481 e. The van der Waals surface area contributed by atoms with Crippen molar-refractivity contribution in [2.75, 3.05) is 13.2 Å². The van der Waals surface area contributed by atoms with Crippen LogP contribution >= 0.6 is 31.9 Å². The number of hydrogen-bond acceptors (Lipinski definition) is 10. The van der Waals surface area contributed by atoms with E-state index in [0.717, 1.165) is 6.92 Å². The van der Waals surface area contributed by atoms with E-state index in [1.807, 2.05) is 0 Å². The van der Waals surface area contributed by atoms with Gasteiger partial charge in [-0.15, -0.1) is 0 Å². The summed E-state index contributed by atoms with van der Waals surface area (Å²) in [5.41, 5.74) is 6.25. The number of alkyl halides is 4. The van der Waals surface area contributed by atoms with Crippen LogP contribution in [0, 0.1) is 0 Å². The molecule has 44 heavy (non-hydrogen) atoms. The smallest absolute Gasteiger partial charge is 0.377 e. The highest BCUT2D eigenvalue weighted by atomic mass is 79.9. The normalized spacial score (nSPS) is 10.2. The molecule has 0 heterocycles. The van der Waals surface area contributed by atoms with Crippen LogP contribution in [0.1, 0.15) is 73.1 Å². The summed E-state index contributed by atoms with van der Waals surface area (Å²) in [4.78, 5) is 44.4. The average Bonchev–Trinajstić information content (AvgIpc) is 2.92. The molecule has 7 N–H and O–H groups in total. The quantitative estimate of drug-likeness (QED) is 0.0359. The summed E-state index contributed by atoms with van der Waals surface area (Å²) < 4.78 is 59.6. The van der Waals surface area contributed by atoms with Crippen molar-refractivity contribution in [1.82, 2.24) is 6.15 Å². The summed E-state index contributed by atoms with van der Waals surface area (Å²) in [5.74, 6) is -2.43. The fourth-order valence-electron chi connectivity index (χ4n) is 2.57. The van der Waals surface area contributed by atoms with Crippen molar-refractivity contribution >= 4 is 56.1 Å². The number of esters is 2. The number of ether oxygens (including phenoxy) is 2. The molecule has 11 nitrogen and oxygen atoms in total. The molecule has 2 aromatic carbocycles. The zero-order valence-corrected chi connectivity index (χ0v) is 27.1. The van der Waals surface area contributed by atoms with Gasteiger partial charge in [-0.3, -0.25) is 14.4 Å². The van der Waals surface area contributed by atoms with Crippen molar-refractivity contribution in [3.63, 3.8) is 0 Å². The Hall–Kier alpha value is -3.38. The third-order valence-electron chi connectivity index (χ3n) is 4.26. The molecule has 1 atom stereocenters. The second-order valence-corrected chi connectivity index (χ2v) is 9.56. The van der Waals surface area contributed by atoms with Crippen LogP contribution in [-0.2, 0) is 28.7 Å². The zero-order chi connectivity index (χ0) is 33.7. The molecule has 0 bridgehead atoms. The number of nitrogens with two attached hydrogens (primary N) is 1. The molecule has 0 saturated heterocycles. The second kappa shape index (κ2) is 25.0. The molecule has 0 aliphatic heterocycles. The first-order valence-electron chi connectivity index (χ1n) is 11.9. The number of carbonyl (C=O) groups excluding carboxylic acids is 3. The first kappa shape index (κ1) is 45.1. The highest BCUT2D eigenvalue weighted by Crippen LogP contribution is 2.27. The standard InChI is InChI=1S/C12H14BrF2NO2.C8H5BrF2O.C5H8O4.C2H4O2.H3N/c1-2-18-11(17)6-10(16)7-3-8(12(14)15)5-9(13)4-7;9-7-2-5(4-12)1-6(3-7)8(10)11;1-3-8-5(6)4(2)9-7;1-2(3)4;/h3-5,10,12H,2,6,16H2,1H3;1-4,8H;7H,2-3H2,1H3;1H3,(H,3,4);1H3. The Morgan fingerprint density at radius 2 is 1.34 bits per heavy atom. The number of carbonyl (C=O) groups is 4. The van der Waals surface area contributed by atoms with Crippen molar-refractivity contribution < 1.29 is 61.5 Å². The first-order valence-corrected chi connectivity index (χ1v) is 13.5. The van der Waals surface area contributed by atoms with E-state index in [0.29, 0.717) is 20.8 Å². The topological polar surface area (TPSA) is 197 Å². The summed E-state index contributed by atoms with van der Waals surface area (Å²) in [6.07, 6.45) is -4.61. The number of aliphatic carboxylic acids is 1. The first-order chi connectivity index (χ1) is 20.0. The molecule has 248 valence electrons. The van der Waals surface area contributed by atoms with Crippen LogP contribution in [0.4, 0.5) is 17.6 Å². The molecule has 0 radical (unpaired) electrons. The minimum absolute atomic E-state index is 0. The lowest BCUT2D eigenvalue weighted by atomic mass is 10.0. The molecule has 1 unspecified atom stereocenters. The number of hydrogen-bond donors (Lipinski definition) is 4. The average molecular weight is 766 g/mol. The molecule has 0 fully saturated rings. The Morgan fingerprint density at radius 1 is 0.909 bits per heavy atom. The van der Waals surface area contributed by atoms with Crippen molar-refractivity contribution in [3.05, 3.63) is 79.9 Å². The lowest BCUT2D eigenvalue weighted by molar-refractivity contribution is -0.211. The van der Waals surface area contributed by atoms with E-state index in [1.54, 1.807) is 19.9 Å². The predicted molar refractivity (Wildman–Crippen MR) is 160 cm³/mol. The third kappa shape index (κ3) is 21.3. The van der Waals surface area contributed by atoms with E-state index in [2.05, 4.69) is 48.1 Å². The molecule has 0 spiro atoms. The number of halogens is 6. The summed E-state index contributed by atoms with van der Waals surface area (Å²) in [6, 6.07) is 7.54. The maximum absolute atomic E-state index is 12.6.